The predicted molar refractivity (Wildman–Crippen MR) is 72.5 cm³/mol. The van der Waals surface area contributed by atoms with Crippen molar-refractivity contribution >= 4 is 0 Å². The Labute approximate surface area is 102 Å². The maximum Gasteiger partial charge on any atom is 0.00389 e. The first kappa shape index (κ1) is 14.0. The molecule has 0 amide bonds. The zero-order valence-corrected chi connectivity index (χ0v) is 11.2. The summed E-state index contributed by atoms with van der Waals surface area (Å²) in [5, 5.41) is 0. The number of hydrogen-bond donors (Lipinski definition) is 1. The van der Waals surface area contributed by atoms with E-state index in [-0.39, 0.29) is 0 Å². The highest BCUT2D eigenvalue weighted by Gasteiger charge is 2.14. The molecule has 0 bridgehead atoms. The maximum atomic E-state index is 6.17. The van der Waals surface area contributed by atoms with Crippen LogP contribution < -0.4 is 5.73 Å². The normalized spacial score (nSPS) is 19.9. The van der Waals surface area contributed by atoms with E-state index in [0.717, 1.165) is 5.92 Å². The topological polar surface area (TPSA) is 26.0 Å². The molecular formula is C15H31N. The Hall–Kier alpha value is -0.0400. The van der Waals surface area contributed by atoms with Crippen molar-refractivity contribution in [3.63, 3.8) is 0 Å². The van der Waals surface area contributed by atoms with Gasteiger partial charge in [0.25, 0.3) is 0 Å². The molecule has 16 heavy (non-hydrogen) atoms. The lowest BCUT2D eigenvalue weighted by molar-refractivity contribution is 0.319. The van der Waals surface area contributed by atoms with Crippen molar-refractivity contribution in [3.05, 3.63) is 0 Å². The van der Waals surface area contributed by atoms with Crippen LogP contribution in [-0.4, -0.2) is 6.04 Å². The molecule has 0 saturated heterocycles. The molecule has 0 heterocycles. The summed E-state index contributed by atoms with van der Waals surface area (Å²) in [5.74, 6) is 1.01. The summed E-state index contributed by atoms with van der Waals surface area (Å²) in [6, 6.07) is 0.485. The molecule has 1 nitrogen and oxygen atoms in total. The summed E-state index contributed by atoms with van der Waals surface area (Å²) in [7, 11) is 0. The Kier molecular flexibility index (Phi) is 7.92. The van der Waals surface area contributed by atoms with E-state index in [4.69, 9.17) is 5.73 Å². The summed E-state index contributed by atoms with van der Waals surface area (Å²) >= 11 is 0. The van der Waals surface area contributed by atoms with Crippen molar-refractivity contribution in [3.8, 4) is 0 Å². The first-order chi connectivity index (χ1) is 7.83. The number of hydrogen-bond acceptors (Lipinski definition) is 1. The molecule has 0 spiro atoms. The van der Waals surface area contributed by atoms with Crippen LogP contribution in [0, 0.1) is 5.92 Å². The van der Waals surface area contributed by atoms with Crippen molar-refractivity contribution < 1.29 is 0 Å². The fraction of sp³-hybridized carbons (Fsp3) is 1.00. The van der Waals surface area contributed by atoms with Gasteiger partial charge in [0.05, 0.1) is 0 Å². The van der Waals surface area contributed by atoms with Gasteiger partial charge in [0.15, 0.2) is 0 Å². The number of unbranched alkanes of at least 4 members (excludes halogenated alkanes) is 3. The monoisotopic (exact) mass is 225 g/mol. The molecule has 1 aliphatic rings. The van der Waals surface area contributed by atoms with E-state index in [1.165, 1.54) is 77.0 Å². The Morgan fingerprint density at radius 2 is 1.75 bits per heavy atom. The second kappa shape index (κ2) is 9.04. The molecule has 1 fully saturated rings. The van der Waals surface area contributed by atoms with E-state index in [1.54, 1.807) is 0 Å². The van der Waals surface area contributed by atoms with Crippen LogP contribution in [0.15, 0.2) is 0 Å². The first-order valence-electron chi connectivity index (χ1n) is 7.58. The predicted octanol–water partition coefficient (Wildman–Crippen LogP) is 4.64. The molecular weight excluding hydrogens is 194 g/mol. The lowest BCUT2D eigenvalue weighted by atomic mass is 9.85. The quantitative estimate of drug-likeness (QED) is 0.598. The highest BCUT2D eigenvalue weighted by Crippen LogP contribution is 2.27. The van der Waals surface area contributed by atoms with Crippen LogP contribution in [0.25, 0.3) is 0 Å². The fourth-order valence-electron chi connectivity index (χ4n) is 2.90. The molecule has 1 atom stereocenters. The Morgan fingerprint density at radius 3 is 2.44 bits per heavy atom. The van der Waals surface area contributed by atoms with Gasteiger partial charge in [-0.25, -0.2) is 0 Å². The molecule has 1 unspecified atom stereocenters. The third kappa shape index (κ3) is 6.52. The average molecular weight is 225 g/mol. The Morgan fingerprint density at radius 1 is 1.00 bits per heavy atom. The van der Waals surface area contributed by atoms with Gasteiger partial charge >= 0.3 is 0 Å². The maximum absolute atomic E-state index is 6.17. The fourth-order valence-corrected chi connectivity index (χ4v) is 2.90. The molecule has 0 aromatic carbocycles. The van der Waals surface area contributed by atoms with E-state index < -0.39 is 0 Å². The van der Waals surface area contributed by atoms with Gasteiger partial charge in [-0.15, -0.1) is 0 Å². The van der Waals surface area contributed by atoms with Gasteiger partial charge in [-0.05, 0) is 25.2 Å². The molecule has 0 aromatic heterocycles. The largest absolute Gasteiger partial charge is 0.328 e. The molecule has 0 aliphatic heterocycles. The van der Waals surface area contributed by atoms with Crippen LogP contribution in [-0.2, 0) is 0 Å². The first-order valence-corrected chi connectivity index (χ1v) is 7.58. The average Bonchev–Trinajstić information content (AvgIpc) is 2.33. The minimum absolute atomic E-state index is 0.485. The van der Waals surface area contributed by atoms with Gasteiger partial charge < -0.3 is 5.73 Å². The van der Waals surface area contributed by atoms with Crippen molar-refractivity contribution in [2.24, 2.45) is 11.7 Å². The third-order valence-electron chi connectivity index (χ3n) is 4.10. The molecule has 2 N–H and O–H groups in total. The van der Waals surface area contributed by atoms with Crippen LogP contribution in [0.3, 0.4) is 0 Å². The van der Waals surface area contributed by atoms with E-state index in [0.29, 0.717) is 6.04 Å². The van der Waals surface area contributed by atoms with Gasteiger partial charge in [-0.2, -0.15) is 0 Å². The van der Waals surface area contributed by atoms with Gasteiger partial charge in [0.2, 0.25) is 0 Å². The van der Waals surface area contributed by atoms with Crippen molar-refractivity contribution in [2.45, 2.75) is 90.0 Å². The summed E-state index contributed by atoms with van der Waals surface area (Å²) in [4.78, 5) is 0. The molecule has 96 valence electrons. The third-order valence-corrected chi connectivity index (χ3v) is 4.10. The molecule has 1 aliphatic carbocycles. The molecule has 0 radical (unpaired) electrons. The minimum atomic E-state index is 0.485. The smallest absolute Gasteiger partial charge is 0.00389 e. The summed E-state index contributed by atoms with van der Waals surface area (Å²) in [6.45, 7) is 2.27. The second-order valence-corrected chi connectivity index (χ2v) is 5.69. The second-order valence-electron chi connectivity index (χ2n) is 5.69. The molecule has 0 aromatic rings. The van der Waals surface area contributed by atoms with Crippen LogP contribution in [0.1, 0.15) is 84.0 Å². The summed E-state index contributed by atoms with van der Waals surface area (Å²) < 4.78 is 0. The van der Waals surface area contributed by atoms with Gasteiger partial charge in [0, 0.05) is 6.04 Å². The number of nitrogens with two attached hydrogens (primary N) is 1. The SMILES string of the molecule is CCCCCCC(N)CCC1CCCCC1. The van der Waals surface area contributed by atoms with Crippen LogP contribution in [0.5, 0.6) is 0 Å². The molecule has 1 saturated carbocycles. The van der Waals surface area contributed by atoms with Crippen molar-refractivity contribution in [1.29, 1.82) is 0 Å². The zero-order chi connectivity index (χ0) is 11.6. The van der Waals surface area contributed by atoms with E-state index >= 15 is 0 Å². The Bertz CT molecular complexity index is 150. The van der Waals surface area contributed by atoms with Gasteiger partial charge in [-0.3, -0.25) is 0 Å². The number of rotatable bonds is 8. The van der Waals surface area contributed by atoms with Gasteiger partial charge in [0.1, 0.15) is 0 Å². The highest BCUT2D eigenvalue weighted by molar-refractivity contribution is 4.69. The Balaban J connectivity index is 1.94. The van der Waals surface area contributed by atoms with E-state index in [2.05, 4.69) is 6.92 Å². The highest BCUT2D eigenvalue weighted by atomic mass is 14.6. The van der Waals surface area contributed by atoms with Crippen LogP contribution in [0.2, 0.25) is 0 Å². The van der Waals surface area contributed by atoms with Crippen molar-refractivity contribution in [1.82, 2.24) is 0 Å². The van der Waals surface area contributed by atoms with Crippen LogP contribution >= 0.6 is 0 Å². The zero-order valence-electron chi connectivity index (χ0n) is 11.2. The van der Waals surface area contributed by atoms with E-state index in [9.17, 15) is 0 Å². The molecule has 1 rings (SSSR count). The molecule has 1 heteroatoms. The minimum Gasteiger partial charge on any atom is -0.328 e. The van der Waals surface area contributed by atoms with Crippen LogP contribution in [0.4, 0.5) is 0 Å². The summed E-state index contributed by atoms with van der Waals surface area (Å²) in [5.41, 5.74) is 6.17. The lowest BCUT2D eigenvalue weighted by Gasteiger charge is -2.22. The van der Waals surface area contributed by atoms with Gasteiger partial charge in [-0.1, -0.05) is 64.7 Å². The summed E-state index contributed by atoms with van der Waals surface area (Å²) in [6.07, 6.45) is 16.7. The standard InChI is InChI=1S/C15H31N/c1-2-3-4-8-11-15(16)13-12-14-9-6-5-7-10-14/h14-15H,2-13,16H2,1H3. The van der Waals surface area contributed by atoms with E-state index in [1.807, 2.05) is 0 Å². The lowest BCUT2D eigenvalue weighted by Crippen LogP contribution is -2.21. The van der Waals surface area contributed by atoms with Crippen molar-refractivity contribution in [2.75, 3.05) is 0 Å².